The van der Waals surface area contributed by atoms with Gasteiger partial charge in [0.15, 0.2) is 6.29 Å². The van der Waals surface area contributed by atoms with Crippen molar-refractivity contribution in [2.75, 3.05) is 13.7 Å². The van der Waals surface area contributed by atoms with Gasteiger partial charge in [0.25, 0.3) is 5.69 Å². The van der Waals surface area contributed by atoms with Gasteiger partial charge in [0.2, 0.25) is 5.91 Å². The second-order valence-corrected chi connectivity index (χ2v) is 3.37. The molecule has 0 spiro atoms. The number of carbonyl (C=O) groups is 2. The number of carbonyl (C=O) groups excluding carboxylic acids is 2. The van der Waals surface area contributed by atoms with Crippen LogP contribution in [0.5, 0.6) is 5.75 Å². The van der Waals surface area contributed by atoms with Crippen LogP contribution >= 0.6 is 0 Å². The van der Waals surface area contributed by atoms with Gasteiger partial charge in [-0.05, 0) is 6.07 Å². The summed E-state index contributed by atoms with van der Waals surface area (Å²) in [5, 5.41) is 12.9. The van der Waals surface area contributed by atoms with E-state index in [1.54, 1.807) is 0 Å². The lowest BCUT2D eigenvalue weighted by Gasteiger charge is -2.07. The minimum absolute atomic E-state index is 0.0844. The first kappa shape index (κ1) is 13.6. The SMILES string of the molecule is CNC(=O)CCOc1ccc([N+](=O)[O-])cc1C=O. The molecule has 0 heterocycles. The van der Waals surface area contributed by atoms with E-state index in [2.05, 4.69) is 5.32 Å². The largest absolute Gasteiger partial charge is 0.492 e. The van der Waals surface area contributed by atoms with Crippen LogP contribution in [0.2, 0.25) is 0 Å². The van der Waals surface area contributed by atoms with Crippen molar-refractivity contribution in [2.45, 2.75) is 6.42 Å². The summed E-state index contributed by atoms with van der Waals surface area (Å²) in [5.41, 5.74) is -0.100. The lowest BCUT2D eigenvalue weighted by molar-refractivity contribution is -0.384. The molecule has 96 valence electrons. The number of rotatable bonds is 6. The van der Waals surface area contributed by atoms with Gasteiger partial charge in [-0.15, -0.1) is 0 Å². The van der Waals surface area contributed by atoms with Crippen molar-refractivity contribution in [3.8, 4) is 5.75 Å². The predicted octanol–water partition coefficient (Wildman–Crippen LogP) is 0.922. The van der Waals surface area contributed by atoms with E-state index in [4.69, 9.17) is 4.74 Å². The molecule has 0 saturated heterocycles. The van der Waals surface area contributed by atoms with Gasteiger partial charge in [0.1, 0.15) is 5.75 Å². The summed E-state index contributed by atoms with van der Waals surface area (Å²) >= 11 is 0. The molecular formula is C11H12N2O5. The minimum Gasteiger partial charge on any atom is -0.492 e. The summed E-state index contributed by atoms with van der Waals surface area (Å²) in [6.07, 6.45) is 0.619. The molecule has 1 aromatic rings. The molecule has 1 aromatic carbocycles. The van der Waals surface area contributed by atoms with E-state index in [-0.39, 0.29) is 35.9 Å². The van der Waals surface area contributed by atoms with E-state index in [0.29, 0.717) is 6.29 Å². The third kappa shape index (κ3) is 3.55. The number of aldehydes is 1. The second-order valence-electron chi connectivity index (χ2n) is 3.37. The number of nitrogens with one attached hydrogen (secondary N) is 1. The van der Waals surface area contributed by atoms with Gasteiger partial charge in [-0.2, -0.15) is 0 Å². The van der Waals surface area contributed by atoms with Gasteiger partial charge in [-0.1, -0.05) is 0 Å². The number of non-ortho nitro benzene ring substituents is 1. The van der Waals surface area contributed by atoms with Gasteiger partial charge < -0.3 is 10.1 Å². The summed E-state index contributed by atoms with van der Waals surface area (Å²) in [6, 6.07) is 3.70. The Labute approximate surface area is 103 Å². The zero-order valence-corrected chi connectivity index (χ0v) is 9.71. The maximum absolute atomic E-state index is 10.9. The van der Waals surface area contributed by atoms with Gasteiger partial charge in [0, 0.05) is 19.2 Å². The molecule has 7 nitrogen and oxygen atoms in total. The van der Waals surface area contributed by atoms with Crippen molar-refractivity contribution < 1.29 is 19.2 Å². The topological polar surface area (TPSA) is 98.5 Å². The smallest absolute Gasteiger partial charge is 0.270 e. The zero-order valence-electron chi connectivity index (χ0n) is 9.71. The molecule has 18 heavy (non-hydrogen) atoms. The van der Waals surface area contributed by atoms with Crippen LogP contribution in [-0.4, -0.2) is 30.8 Å². The van der Waals surface area contributed by atoms with E-state index < -0.39 is 4.92 Å². The first-order chi connectivity index (χ1) is 8.58. The van der Waals surface area contributed by atoms with Crippen LogP contribution in [0.15, 0.2) is 18.2 Å². The number of ether oxygens (including phenoxy) is 1. The van der Waals surface area contributed by atoms with Gasteiger partial charge in [-0.3, -0.25) is 19.7 Å². The van der Waals surface area contributed by atoms with Crippen LogP contribution in [0.25, 0.3) is 0 Å². The monoisotopic (exact) mass is 252 g/mol. The Hall–Kier alpha value is -2.44. The Morgan fingerprint density at radius 1 is 1.56 bits per heavy atom. The lowest BCUT2D eigenvalue weighted by atomic mass is 10.2. The number of amides is 1. The van der Waals surface area contributed by atoms with Gasteiger partial charge in [-0.25, -0.2) is 0 Å². The van der Waals surface area contributed by atoms with E-state index in [9.17, 15) is 19.7 Å². The number of hydrogen-bond donors (Lipinski definition) is 1. The molecule has 0 bridgehead atoms. The standard InChI is InChI=1S/C11H12N2O5/c1-12-11(15)4-5-18-10-3-2-9(13(16)17)6-8(10)7-14/h2-3,6-7H,4-5H2,1H3,(H,12,15). The Kier molecular flexibility index (Phi) is 4.79. The summed E-state index contributed by atoms with van der Waals surface area (Å²) in [4.78, 5) is 31.6. The van der Waals surface area contributed by atoms with Crippen LogP contribution in [0.3, 0.4) is 0 Å². The summed E-state index contributed by atoms with van der Waals surface area (Å²) < 4.78 is 5.22. The molecule has 0 fully saturated rings. The van der Waals surface area contributed by atoms with Crippen LogP contribution in [0.4, 0.5) is 5.69 Å². The Morgan fingerprint density at radius 2 is 2.28 bits per heavy atom. The first-order valence-electron chi connectivity index (χ1n) is 5.15. The Morgan fingerprint density at radius 3 is 2.83 bits per heavy atom. The summed E-state index contributed by atoms with van der Waals surface area (Å²) in [7, 11) is 1.51. The molecule has 1 rings (SSSR count). The highest BCUT2D eigenvalue weighted by molar-refractivity contribution is 5.80. The fourth-order valence-electron chi connectivity index (χ4n) is 1.25. The maximum Gasteiger partial charge on any atom is 0.270 e. The molecule has 1 N–H and O–H groups in total. The number of nitrogens with zero attached hydrogens (tertiary/aromatic N) is 1. The molecule has 0 atom stereocenters. The molecule has 0 saturated carbocycles. The number of benzene rings is 1. The van der Waals surface area contributed by atoms with Crippen LogP contribution in [0.1, 0.15) is 16.8 Å². The Balaban J connectivity index is 2.74. The first-order valence-corrected chi connectivity index (χ1v) is 5.15. The van der Waals surface area contributed by atoms with Gasteiger partial charge in [0.05, 0.1) is 23.5 Å². The van der Waals surface area contributed by atoms with Gasteiger partial charge >= 0.3 is 0 Å². The van der Waals surface area contributed by atoms with E-state index >= 15 is 0 Å². The number of nitro benzene ring substituents is 1. The van der Waals surface area contributed by atoms with E-state index in [1.807, 2.05) is 0 Å². The molecule has 1 amide bonds. The highest BCUT2D eigenvalue weighted by Crippen LogP contribution is 2.22. The molecule has 0 aliphatic heterocycles. The van der Waals surface area contributed by atoms with Crippen molar-refractivity contribution in [1.29, 1.82) is 0 Å². The average molecular weight is 252 g/mol. The average Bonchev–Trinajstić information content (AvgIpc) is 2.38. The van der Waals surface area contributed by atoms with Crippen LogP contribution < -0.4 is 10.1 Å². The summed E-state index contributed by atoms with van der Waals surface area (Å²) in [6.45, 7) is 0.0956. The van der Waals surface area contributed by atoms with Crippen molar-refractivity contribution in [1.82, 2.24) is 5.32 Å². The molecule has 0 aromatic heterocycles. The zero-order chi connectivity index (χ0) is 13.5. The van der Waals surface area contributed by atoms with Crippen LogP contribution in [0, 0.1) is 10.1 Å². The quantitative estimate of drug-likeness (QED) is 0.461. The molecule has 0 aliphatic carbocycles. The highest BCUT2D eigenvalue weighted by Gasteiger charge is 2.11. The maximum atomic E-state index is 10.9. The van der Waals surface area contributed by atoms with E-state index in [0.717, 1.165) is 6.07 Å². The van der Waals surface area contributed by atoms with Crippen molar-refractivity contribution in [3.63, 3.8) is 0 Å². The molecule has 0 aliphatic rings. The van der Waals surface area contributed by atoms with Crippen molar-refractivity contribution in [2.24, 2.45) is 0 Å². The lowest BCUT2D eigenvalue weighted by Crippen LogP contribution is -2.20. The molecule has 7 heteroatoms. The normalized spacial score (nSPS) is 9.61. The molecule has 0 unspecified atom stereocenters. The third-order valence-corrected chi connectivity index (χ3v) is 2.20. The van der Waals surface area contributed by atoms with Crippen LogP contribution in [-0.2, 0) is 4.79 Å². The van der Waals surface area contributed by atoms with E-state index in [1.165, 1.54) is 19.2 Å². The third-order valence-electron chi connectivity index (χ3n) is 2.20. The fourth-order valence-corrected chi connectivity index (χ4v) is 1.25. The minimum atomic E-state index is -0.596. The summed E-state index contributed by atoms with van der Waals surface area (Å²) in [5.74, 6) is 0.0315. The number of hydrogen-bond acceptors (Lipinski definition) is 5. The van der Waals surface area contributed by atoms with Crippen molar-refractivity contribution >= 4 is 17.9 Å². The molecule has 0 radical (unpaired) electrons. The fraction of sp³-hybridized carbons (Fsp3) is 0.273. The second kappa shape index (κ2) is 6.33. The number of nitro groups is 1. The molecular weight excluding hydrogens is 240 g/mol. The highest BCUT2D eigenvalue weighted by atomic mass is 16.6. The van der Waals surface area contributed by atoms with Crippen molar-refractivity contribution in [3.05, 3.63) is 33.9 Å². The Bertz CT molecular complexity index is 473. The predicted molar refractivity (Wildman–Crippen MR) is 62.7 cm³/mol.